The van der Waals surface area contributed by atoms with Crippen LogP contribution in [0, 0.1) is 13.8 Å². The predicted molar refractivity (Wildman–Crippen MR) is 82.4 cm³/mol. The van der Waals surface area contributed by atoms with E-state index in [-0.39, 0.29) is 0 Å². The summed E-state index contributed by atoms with van der Waals surface area (Å²) in [5.74, 6) is 0. The summed E-state index contributed by atoms with van der Waals surface area (Å²) in [5.41, 5.74) is 11.5. The maximum Gasteiger partial charge on any atom is 0.302 e. The molecule has 0 fully saturated rings. The number of oxazole rings is 1. The first-order valence-corrected chi connectivity index (χ1v) is 6.51. The van der Waals surface area contributed by atoms with E-state index >= 15 is 0 Å². The number of benzene rings is 2. The molecule has 0 spiro atoms. The molecule has 0 atom stereocenters. The number of anilines is 3. The lowest BCUT2D eigenvalue weighted by Crippen LogP contribution is -2.11. The van der Waals surface area contributed by atoms with Gasteiger partial charge in [-0.3, -0.25) is 4.90 Å². The van der Waals surface area contributed by atoms with Gasteiger partial charge in [-0.05, 0) is 37.6 Å². The normalized spacial score (nSPS) is 10.9. The van der Waals surface area contributed by atoms with Gasteiger partial charge >= 0.3 is 6.01 Å². The van der Waals surface area contributed by atoms with Crippen molar-refractivity contribution in [2.24, 2.45) is 0 Å². The van der Waals surface area contributed by atoms with E-state index in [9.17, 15) is 0 Å². The molecule has 2 aromatic carbocycles. The Balaban J connectivity index is 2.05. The highest BCUT2D eigenvalue weighted by molar-refractivity contribution is 5.79. The minimum atomic E-state index is 0.567. The van der Waals surface area contributed by atoms with Gasteiger partial charge < -0.3 is 10.2 Å². The zero-order valence-corrected chi connectivity index (χ0v) is 11.8. The average Bonchev–Trinajstić information content (AvgIpc) is 2.81. The van der Waals surface area contributed by atoms with Gasteiger partial charge in [-0.1, -0.05) is 17.7 Å². The summed E-state index contributed by atoms with van der Waals surface area (Å²) in [6.45, 7) is 4.17. The van der Waals surface area contributed by atoms with Gasteiger partial charge in [0, 0.05) is 24.5 Å². The number of hydrogen-bond donors (Lipinski definition) is 1. The summed E-state index contributed by atoms with van der Waals surface area (Å²) < 4.78 is 5.79. The van der Waals surface area contributed by atoms with Gasteiger partial charge in [-0.2, -0.15) is 4.98 Å². The smallest absolute Gasteiger partial charge is 0.302 e. The Morgan fingerprint density at radius 3 is 2.65 bits per heavy atom. The van der Waals surface area contributed by atoms with Crippen LogP contribution in [0.1, 0.15) is 11.1 Å². The number of aryl methyl sites for hydroxylation is 2. The van der Waals surface area contributed by atoms with E-state index in [1.165, 1.54) is 11.1 Å². The fraction of sp³-hybridized carbons (Fsp3) is 0.188. The largest absolute Gasteiger partial charge is 0.423 e. The van der Waals surface area contributed by atoms with Gasteiger partial charge in [0.05, 0.1) is 0 Å². The maximum absolute atomic E-state index is 5.79. The molecule has 102 valence electrons. The number of hydrogen-bond acceptors (Lipinski definition) is 4. The number of fused-ring (bicyclic) bond motifs is 1. The van der Waals surface area contributed by atoms with Crippen molar-refractivity contribution in [2.45, 2.75) is 13.8 Å². The van der Waals surface area contributed by atoms with Crippen LogP contribution in [-0.2, 0) is 0 Å². The highest BCUT2D eigenvalue weighted by atomic mass is 16.4. The SMILES string of the molecule is Cc1ccc(N(C)c2nc3ccc(N)cc3o2)c(C)c1. The molecule has 0 radical (unpaired) electrons. The second-order valence-electron chi connectivity index (χ2n) is 5.07. The summed E-state index contributed by atoms with van der Waals surface area (Å²) in [6, 6.07) is 12.4. The molecule has 4 heteroatoms. The van der Waals surface area contributed by atoms with Gasteiger partial charge in [0.1, 0.15) is 5.52 Å². The van der Waals surface area contributed by atoms with Gasteiger partial charge in [-0.25, -0.2) is 0 Å². The molecule has 0 saturated carbocycles. The highest BCUT2D eigenvalue weighted by Gasteiger charge is 2.13. The second kappa shape index (κ2) is 4.56. The van der Waals surface area contributed by atoms with Crippen molar-refractivity contribution >= 4 is 28.5 Å². The lowest BCUT2D eigenvalue weighted by atomic mass is 10.1. The fourth-order valence-electron chi connectivity index (χ4n) is 2.36. The van der Waals surface area contributed by atoms with E-state index in [1.807, 2.05) is 24.1 Å². The van der Waals surface area contributed by atoms with Crippen molar-refractivity contribution in [3.05, 3.63) is 47.5 Å². The average molecular weight is 267 g/mol. The first-order valence-electron chi connectivity index (χ1n) is 6.51. The molecule has 3 rings (SSSR count). The van der Waals surface area contributed by atoms with Gasteiger partial charge in [0.15, 0.2) is 5.58 Å². The lowest BCUT2D eigenvalue weighted by molar-refractivity contribution is 0.603. The zero-order chi connectivity index (χ0) is 14.3. The summed E-state index contributed by atoms with van der Waals surface area (Å²) in [6.07, 6.45) is 0. The molecule has 3 aromatic rings. The monoisotopic (exact) mass is 267 g/mol. The molecule has 1 heterocycles. The molecule has 1 aromatic heterocycles. The summed E-state index contributed by atoms with van der Waals surface area (Å²) >= 11 is 0. The summed E-state index contributed by atoms with van der Waals surface area (Å²) in [7, 11) is 1.95. The Bertz CT molecular complexity index is 776. The molecule has 20 heavy (non-hydrogen) atoms. The number of nitrogen functional groups attached to an aromatic ring is 1. The molecule has 2 N–H and O–H groups in total. The van der Waals surface area contributed by atoms with Crippen LogP contribution < -0.4 is 10.6 Å². The Morgan fingerprint density at radius 1 is 1.10 bits per heavy atom. The molecular weight excluding hydrogens is 250 g/mol. The van der Waals surface area contributed by atoms with Crippen molar-refractivity contribution < 1.29 is 4.42 Å². The minimum Gasteiger partial charge on any atom is -0.423 e. The molecule has 0 bridgehead atoms. The third-order valence-corrected chi connectivity index (χ3v) is 3.40. The molecule has 4 nitrogen and oxygen atoms in total. The molecule has 0 aliphatic heterocycles. The molecule has 0 unspecified atom stereocenters. The molecule has 0 aliphatic carbocycles. The van der Waals surface area contributed by atoms with Crippen molar-refractivity contribution in [3.8, 4) is 0 Å². The van der Waals surface area contributed by atoms with Crippen LogP contribution >= 0.6 is 0 Å². The van der Waals surface area contributed by atoms with E-state index in [0.717, 1.165) is 11.2 Å². The maximum atomic E-state index is 5.79. The zero-order valence-electron chi connectivity index (χ0n) is 11.8. The van der Waals surface area contributed by atoms with E-state index in [1.54, 1.807) is 6.07 Å². The third kappa shape index (κ3) is 2.09. The molecule has 0 saturated heterocycles. The Morgan fingerprint density at radius 2 is 1.90 bits per heavy atom. The van der Waals surface area contributed by atoms with Crippen LogP contribution in [0.25, 0.3) is 11.1 Å². The fourth-order valence-corrected chi connectivity index (χ4v) is 2.36. The van der Waals surface area contributed by atoms with Crippen molar-refractivity contribution in [1.29, 1.82) is 0 Å². The van der Waals surface area contributed by atoms with Crippen molar-refractivity contribution in [1.82, 2.24) is 4.98 Å². The standard InChI is InChI=1S/C16H17N3O/c1-10-4-7-14(11(2)8-10)19(3)16-18-13-6-5-12(17)9-15(13)20-16/h4-9H,17H2,1-3H3. The van der Waals surface area contributed by atoms with Crippen LogP contribution in [0.3, 0.4) is 0 Å². The molecular formula is C16H17N3O. The minimum absolute atomic E-state index is 0.567. The summed E-state index contributed by atoms with van der Waals surface area (Å²) in [4.78, 5) is 6.45. The highest BCUT2D eigenvalue weighted by Crippen LogP contribution is 2.30. The third-order valence-electron chi connectivity index (χ3n) is 3.40. The summed E-state index contributed by atoms with van der Waals surface area (Å²) in [5, 5.41) is 0. The predicted octanol–water partition coefficient (Wildman–Crippen LogP) is 3.79. The lowest BCUT2D eigenvalue weighted by Gasteiger charge is -2.17. The Kier molecular flexibility index (Phi) is 2.86. The van der Waals surface area contributed by atoms with Crippen molar-refractivity contribution in [3.63, 3.8) is 0 Å². The van der Waals surface area contributed by atoms with Crippen LogP contribution in [0.5, 0.6) is 0 Å². The number of rotatable bonds is 2. The van der Waals surface area contributed by atoms with E-state index in [0.29, 0.717) is 17.3 Å². The number of aromatic nitrogens is 1. The topological polar surface area (TPSA) is 55.3 Å². The first kappa shape index (κ1) is 12.5. The Labute approximate surface area is 117 Å². The Hall–Kier alpha value is -2.49. The quantitative estimate of drug-likeness (QED) is 0.718. The van der Waals surface area contributed by atoms with E-state index in [2.05, 4.69) is 37.0 Å². The van der Waals surface area contributed by atoms with Crippen LogP contribution in [-0.4, -0.2) is 12.0 Å². The molecule has 0 aliphatic rings. The van der Waals surface area contributed by atoms with Crippen LogP contribution in [0.4, 0.5) is 17.4 Å². The first-order chi connectivity index (χ1) is 9.54. The van der Waals surface area contributed by atoms with E-state index in [4.69, 9.17) is 10.2 Å². The van der Waals surface area contributed by atoms with Crippen LogP contribution in [0.15, 0.2) is 40.8 Å². The molecule has 0 amide bonds. The van der Waals surface area contributed by atoms with E-state index < -0.39 is 0 Å². The van der Waals surface area contributed by atoms with Crippen molar-refractivity contribution in [2.75, 3.05) is 17.7 Å². The van der Waals surface area contributed by atoms with Crippen LogP contribution in [0.2, 0.25) is 0 Å². The second-order valence-corrected chi connectivity index (χ2v) is 5.07. The number of nitrogens with two attached hydrogens (primary N) is 1. The van der Waals surface area contributed by atoms with Gasteiger partial charge in [0.25, 0.3) is 0 Å². The number of nitrogens with zero attached hydrogens (tertiary/aromatic N) is 2. The van der Waals surface area contributed by atoms with Gasteiger partial charge in [0.2, 0.25) is 0 Å². The van der Waals surface area contributed by atoms with Gasteiger partial charge in [-0.15, -0.1) is 0 Å².